The Morgan fingerprint density at radius 3 is 2.52 bits per heavy atom. The van der Waals surface area contributed by atoms with Gasteiger partial charge in [0, 0.05) is 17.8 Å². The number of anilines is 2. The average Bonchev–Trinajstić information content (AvgIpc) is 2.81. The van der Waals surface area contributed by atoms with Crippen LogP contribution in [0.2, 0.25) is 0 Å². The van der Waals surface area contributed by atoms with Crippen molar-refractivity contribution in [2.75, 3.05) is 11.4 Å². The summed E-state index contributed by atoms with van der Waals surface area (Å²) in [5, 5.41) is 8.51. The third-order valence-corrected chi connectivity index (χ3v) is 3.96. The first-order valence-electron chi connectivity index (χ1n) is 7.16. The highest BCUT2D eigenvalue weighted by molar-refractivity contribution is 5.82. The highest BCUT2D eigenvalue weighted by Gasteiger charge is 2.23. The van der Waals surface area contributed by atoms with Gasteiger partial charge in [0.05, 0.1) is 23.6 Å². The largest absolute Gasteiger partial charge is 0.339 e. The molecule has 21 heavy (non-hydrogen) atoms. The lowest BCUT2D eigenvalue weighted by Crippen LogP contribution is -2.21. The minimum atomic E-state index is 0.833. The van der Waals surface area contributed by atoms with Crippen molar-refractivity contribution >= 4 is 11.4 Å². The minimum Gasteiger partial charge on any atom is -0.339 e. The maximum atomic E-state index is 4.28. The molecule has 104 valence electrons. The average molecular weight is 276 g/mol. The van der Waals surface area contributed by atoms with Gasteiger partial charge in [0.15, 0.2) is 0 Å². The molecule has 3 aromatic rings. The smallest absolute Gasteiger partial charge is 0.0936 e. The van der Waals surface area contributed by atoms with Crippen molar-refractivity contribution in [2.45, 2.75) is 13.5 Å². The van der Waals surface area contributed by atoms with E-state index >= 15 is 0 Å². The van der Waals surface area contributed by atoms with Gasteiger partial charge in [0.1, 0.15) is 0 Å². The van der Waals surface area contributed by atoms with Gasteiger partial charge in [0.2, 0.25) is 0 Å². The van der Waals surface area contributed by atoms with E-state index in [9.17, 15) is 0 Å². The lowest BCUT2D eigenvalue weighted by atomic mass is 10.1. The van der Waals surface area contributed by atoms with Crippen LogP contribution in [0.25, 0.3) is 11.3 Å². The summed E-state index contributed by atoms with van der Waals surface area (Å²) in [6, 6.07) is 19.0. The zero-order valence-electron chi connectivity index (χ0n) is 11.9. The Labute approximate surface area is 123 Å². The molecule has 2 heterocycles. The number of hydrogen-bond acceptors (Lipinski definition) is 3. The molecule has 0 N–H and O–H groups in total. The maximum Gasteiger partial charge on any atom is 0.0936 e. The molecule has 0 radical (unpaired) electrons. The summed E-state index contributed by atoms with van der Waals surface area (Å²) in [5.74, 6) is 0. The molecule has 4 heteroatoms. The van der Waals surface area contributed by atoms with E-state index in [1.165, 1.54) is 16.9 Å². The molecule has 0 saturated heterocycles. The van der Waals surface area contributed by atoms with Gasteiger partial charge in [-0.15, -0.1) is 5.10 Å². The summed E-state index contributed by atoms with van der Waals surface area (Å²) in [4.78, 5) is 2.35. The van der Waals surface area contributed by atoms with E-state index in [-0.39, 0.29) is 0 Å². The molecule has 4 nitrogen and oxygen atoms in total. The molecule has 0 atom stereocenters. The molecular weight excluding hydrogens is 260 g/mol. The second-order valence-corrected chi connectivity index (χ2v) is 5.25. The van der Waals surface area contributed by atoms with Crippen molar-refractivity contribution in [1.29, 1.82) is 0 Å². The number of benzene rings is 2. The van der Waals surface area contributed by atoms with Crippen molar-refractivity contribution < 1.29 is 0 Å². The fourth-order valence-electron chi connectivity index (χ4n) is 2.99. The standard InChI is InChI=1S/C17H16N4/c1-13-17-15-9-5-6-10-16(15)20(11-12-21(17)19-18-13)14-7-3-2-4-8-14/h2-10H,11-12H2,1H3. The predicted molar refractivity (Wildman–Crippen MR) is 83.6 cm³/mol. The molecular formula is C17H16N4. The third kappa shape index (κ3) is 1.91. The molecule has 0 fully saturated rings. The topological polar surface area (TPSA) is 34.0 Å². The van der Waals surface area contributed by atoms with Crippen LogP contribution < -0.4 is 4.90 Å². The lowest BCUT2D eigenvalue weighted by Gasteiger charge is -2.24. The third-order valence-electron chi connectivity index (χ3n) is 3.96. The van der Waals surface area contributed by atoms with Gasteiger partial charge >= 0.3 is 0 Å². The first kappa shape index (κ1) is 12.1. The van der Waals surface area contributed by atoms with Crippen molar-refractivity contribution in [3.63, 3.8) is 0 Å². The molecule has 1 aliphatic rings. The maximum absolute atomic E-state index is 4.28. The molecule has 0 spiro atoms. The summed E-state index contributed by atoms with van der Waals surface area (Å²) in [6.45, 7) is 3.74. The number of rotatable bonds is 1. The number of hydrogen-bond donors (Lipinski definition) is 0. The highest BCUT2D eigenvalue weighted by atomic mass is 15.4. The molecule has 0 aliphatic carbocycles. The van der Waals surface area contributed by atoms with Crippen LogP contribution in [0, 0.1) is 6.92 Å². The Bertz CT molecular complexity index is 776. The summed E-state index contributed by atoms with van der Waals surface area (Å²) in [5.41, 5.74) is 5.73. The van der Waals surface area contributed by atoms with Crippen LogP contribution in [0.15, 0.2) is 54.6 Å². The van der Waals surface area contributed by atoms with Crippen molar-refractivity contribution in [2.24, 2.45) is 0 Å². The molecule has 0 unspecified atom stereocenters. The van der Waals surface area contributed by atoms with E-state index in [2.05, 4.69) is 63.7 Å². The summed E-state index contributed by atoms with van der Waals surface area (Å²) < 4.78 is 2.01. The number of fused-ring (bicyclic) bond motifs is 3. The van der Waals surface area contributed by atoms with Gasteiger partial charge in [0.25, 0.3) is 0 Å². The molecule has 0 bridgehead atoms. The Kier molecular flexibility index (Phi) is 2.74. The van der Waals surface area contributed by atoms with Gasteiger partial charge in [-0.05, 0) is 25.1 Å². The Morgan fingerprint density at radius 1 is 0.905 bits per heavy atom. The van der Waals surface area contributed by atoms with Crippen molar-refractivity contribution in [3.8, 4) is 11.3 Å². The van der Waals surface area contributed by atoms with Crippen molar-refractivity contribution in [3.05, 3.63) is 60.3 Å². The van der Waals surface area contributed by atoms with E-state index in [1.807, 2.05) is 17.7 Å². The first-order valence-corrected chi connectivity index (χ1v) is 7.16. The van der Waals surface area contributed by atoms with Crippen LogP contribution in [0.1, 0.15) is 5.69 Å². The Morgan fingerprint density at radius 2 is 1.67 bits per heavy atom. The number of para-hydroxylation sites is 2. The zero-order valence-corrected chi connectivity index (χ0v) is 11.9. The lowest BCUT2D eigenvalue weighted by molar-refractivity contribution is 0.605. The quantitative estimate of drug-likeness (QED) is 0.683. The van der Waals surface area contributed by atoms with Gasteiger partial charge in [-0.2, -0.15) is 0 Å². The van der Waals surface area contributed by atoms with E-state index in [1.54, 1.807) is 0 Å². The second-order valence-electron chi connectivity index (χ2n) is 5.25. The predicted octanol–water partition coefficient (Wildman–Crippen LogP) is 3.41. The van der Waals surface area contributed by atoms with Gasteiger partial charge in [-0.3, -0.25) is 0 Å². The summed E-state index contributed by atoms with van der Waals surface area (Å²) in [6.07, 6.45) is 0. The van der Waals surface area contributed by atoms with Gasteiger partial charge in [-0.25, -0.2) is 4.68 Å². The van der Waals surface area contributed by atoms with Crippen LogP contribution in [0.5, 0.6) is 0 Å². The fourth-order valence-corrected chi connectivity index (χ4v) is 2.99. The van der Waals surface area contributed by atoms with E-state index in [0.717, 1.165) is 24.5 Å². The number of aryl methyl sites for hydroxylation is 1. The zero-order chi connectivity index (χ0) is 14.2. The van der Waals surface area contributed by atoms with Gasteiger partial charge < -0.3 is 4.90 Å². The number of aromatic nitrogens is 3. The van der Waals surface area contributed by atoms with Gasteiger partial charge in [-0.1, -0.05) is 41.6 Å². The molecule has 2 aromatic carbocycles. The van der Waals surface area contributed by atoms with E-state index in [4.69, 9.17) is 0 Å². The van der Waals surface area contributed by atoms with Crippen LogP contribution >= 0.6 is 0 Å². The van der Waals surface area contributed by atoms with Crippen LogP contribution in [-0.4, -0.2) is 21.5 Å². The Balaban J connectivity index is 1.93. The fraction of sp³-hybridized carbons (Fsp3) is 0.176. The van der Waals surface area contributed by atoms with E-state index < -0.39 is 0 Å². The first-order chi connectivity index (χ1) is 10.3. The van der Waals surface area contributed by atoms with Crippen LogP contribution in [0.3, 0.4) is 0 Å². The SMILES string of the molecule is Cc1nnn2c1-c1ccccc1N(c1ccccc1)CC2. The summed E-state index contributed by atoms with van der Waals surface area (Å²) >= 11 is 0. The molecule has 0 saturated carbocycles. The number of nitrogens with zero attached hydrogens (tertiary/aromatic N) is 4. The van der Waals surface area contributed by atoms with Crippen molar-refractivity contribution in [1.82, 2.24) is 15.0 Å². The molecule has 1 aliphatic heterocycles. The van der Waals surface area contributed by atoms with E-state index in [0.29, 0.717) is 0 Å². The second kappa shape index (κ2) is 4.74. The highest BCUT2D eigenvalue weighted by Crippen LogP contribution is 2.37. The molecule has 0 amide bonds. The van der Waals surface area contributed by atoms with Crippen LogP contribution in [-0.2, 0) is 6.54 Å². The van der Waals surface area contributed by atoms with Crippen LogP contribution in [0.4, 0.5) is 11.4 Å². The summed E-state index contributed by atoms with van der Waals surface area (Å²) in [7, 11) is 0. The normalized spacial score (nSPS) is 13.5. The minimum absolute atomic E-state index is 0.833. The Hall–Kier alpha value is -2.62. The molecule has 1 aromatic heterocycles. The monoisotopic (exact) mass is 276 g/mol. The molecule has 4 rings (SSSR count).